The van der Waals surface area contributed by atoms with Gasteiger partial charge in [-0.25, -0.2) is 0 Å². The Bertz CT molecular complexity index is 328. The van der Waals surface area contributed by atoms with Crippen molar-refractivity contribution in [1.29, 1.82) is 0 Å². The lowest BCUT2D eigenvalue weighted by Gasteiger charge is -2.29. The molecule has 1 N–H and O–H groups in total. The van der Waals surface area contributed by atoms with Gasteiger partial charge in [0, 0.05) is 19.2 Å². The van der Waals surface area contributed by atoms with E-state index in [1.54, 1.807) is 0 Å². The van der Waals surface area contributed by atoms with Gasteiger partial charge in [0.2, 0.25) is 0 Å². The third-order valence-corrected chi connectivity index (χ3v) is 3.31. The van der Waals surface area contributed by atoms with E-state index in [9.17, 15) is 5.11 Å². The largest absolute Gasteiger partial charge is 0.392 e. The molecule has 1 atom stereocenters. The molecule has 3 heteroatoms. The van der Waals surface area contributed by atoms with E-state index in [0.717, 1.165) is 17.8 Å². The van der Waals surface area contributed by atoms with Crippen LogP contribution in [0.4, 0.5) is 0 Å². The Kier molecular flexibility index (Phi) is 3.55. The first-order valence-corrected chi connectivity index (χ1v) is 5.54. The smallest absolute Gasteiger partial charge is 0.0646 e. The third-order valence-electron chi connectivity index (χ3n) is 3.31. The van der Waals surface area contributed by atoms with Gasteiger partial charge >= 0.3 is 0 Å². The molecule has 1 heterocycles. The lowest BCUT2D eigenvalue weighted by Crippen LogP contribution is -2.31. The van der Waals surface area contributed by atoms with Crippen molar-refractivity contribution in [2.75, 3.05) is 0 Å². The number of hydrogen-bond donors (Lipinski definition) is 1. The summed E-state index contributed by atoms with van der Waals surface area (Å²) in [4.78, 5) is 0. The molecule has 0 fully saturated rings. The Balaban J connectivity index is 2.74. The van der Waals surface area contributed by atoms with Crippen LogP contribution >= 0.6 is 0 Å². The van der Waals surface area contributed by atoms with Gasteiger partial charge in [-0.3, -0.25) is 4.68 Å². The maximum absolute atomic E-state index is 10.1. The van der Waals surface area contributed by atoms with E-state index in [2.05, 4.69) is 25.9 Å². The first kappa shape index (κ1) is 12.2. The predicted molar refractivity (Wildman–Crippen MR) is 61.7 cm³/mol. The van der Waals surface area contributed by atoms with E-state index in [0.29, 0.717) is 6.42 Å². The Morgan fingerprint density at radius 1 is 1.53 bits per heavy atom. The molecule has 0 aliphatic heterocycles. The number of hydrogen-bond acceptors (Lipinski definition) is 2. The molecule has 0 saturated carbocycles. The van der Waals surface area contributed by atoms with Crippen LogP contribution < -0.4 is 0 Å². The summed E-state index contributed by atoms with van der Waals surface area (Å²) in [5.41, 5.74) is 2.08. The van der Waals surface area contributed by atoms with Crippen molar-refractivity contribution in [3.8, 4) is 0 Å². The van der Waals surface area contributed by atoms with Crippen LogP contribution in [0.2, 0.25) is 0 Å². The summed E-state index contributed by atoms with van der Waals surface area (Å²) in [5.74, 6) is 0. The van der Waals surface area contributed by atoms with Gasteiger partial charge in [-0.15, -0.1) is 0 Å². The highest BCUT2D eigenvalue weighted by Crippen LogP contribution is 2.27. The number of nitrogens with zero attached hydrogens (tertiary/aromatic N) is 2. The molecule has 0 saturated heterocycles. The molecule has 3 nitrogen and oxygen atoms in total. The van der Waals surface area contributed by atoms with Crippen molar-refractivity contribution in [2.45, 2.75) is 46.6 Å². The highest BCUT2D eigenvalue weighted by molar-refractivity contribution is 5.10. The zero-order valence-electron chi connectivity index (χ0n) is 10.4. The highest BCUT2D eigenvalue weighted by Gasteiger charge is 2.26. The molecule has 86 valence electrons. The highest BCUT2D eigenvalue weighted by atomic mass is 16.3. The number of rotatable bonds is 4. The fourth-order valence-electron chi connectivity index (χ4n) is 1.57. The minimum atomic E-state index is -0.308. The Morgan fingerprint density at radius 3 is 2.53 bits per heavy atom. The first-order valence-electron chi connectivity index (χ1n) is 5.54. The van der Waals surface area contributed by atoms with Crippen LogP contribution in [-0.4, -0.2) is 21.0 Å². The quantitative estimate of drug-likeness (QED) is 0.826. The molecule has 0 aliphatic carbocycles. The average molecular weight is 210 g/mol. The molecule has 15 heavy (non-hydrogen) atoms. The van der Waals surface area contributed by atoms with Crippen molar-refractivity contribution in [3.05, 3.63) is 17.5 Å². The van der Waals surface area contributed by atoms with E-state index >= 15 is 0 Å². The lowest BCUT2D eigenvalue weighted by molar-refractivity contribution is 0.0465. The van der Waals surface area contributed by atoms with Gasteiger partial charge < -0.3 is 5.11 Å². The molecular formula is C12H22N2O. The molecule has 0 radical (unpaired) electrons. The molecule has 1 rings (SSSR count). The van der Waals surface area contributed by atoms with E-state index in [1.807, 2.05) is 24.7 Å². The standard InChI is InChI=1S/C12H22N2O/c1-6-12(3,4)11(15)8-10-7-9(2)13-14(10)5/h7,11,15H,6,8H2,1-5H3. The van der Waals surface area contributed by atoms with Gasteiger partial charge in [0.25, 0.3) is 0 Å². The van der Waals surface area contributed by atoms with Crippen molar-refractivity contribution in [2.24, 2.45) is 12.5 Å². The van der Waals surface area contributed by atoms with Crippen LogP contribution in [-0.2, 0) is 13.5 Å². The molecule has 1 unspecified atom stereocenters. The van der Waals surface area contributed by atoms with E-state index < -0.39 is 0 Å². The summed E-state index contributed by atoms with van der Waals surface area (Å²) >= 11 is 0. The Morgan fingerprint density at radius 2 is 2.13 bits per heavy atom. The monoisotopic (exact) mass is 210 g/mol. The minimum Gasteiger partial charge on any atom is -0.392 e. The average Bonchev–Trinajstić information content (AvgIpc) is 2.45. The van der Waals surface area contributed by atoms with Gasteiger partial charge in [0.15, 0.2) is 0 Å². The van der Waals surface area contributed by atoms with Crippen molar-refractivity contribution in [1.82, 2.24) is 9.78 Å². The summed E-state index contributed by atoms with van der Waals surface area (Å²) in [6.45, 7) is 8.28. The molecule has 0 aliphatic rings. The summed E-state index contributed by atoms with van der Waals surface area (Å²) in [7, 11) is 1.92. The van der Waals surface area contributed by atoms with Gasteiger partial charge in [-0.1, -0.05) is 20.8 Å². The Hall–Kier alpha value is -0.830. The number of aliphatic hydroxyl groups excluding tert-OH is 1. The van der Waals surface area contributed by atoms with E-state index in [-0.39, 0.29) is 11.5 Å². The van der Waals surface area contributed by atoms with Gasteiger partial charge in [-0.2, -0.15) is 5.10 Å². The fourth-order valence-corrected chi connectivity index (χ4v) is 1.57. The second kappa shape index (κ2) is 4.35. The number of aromatic nitrogens is 2. The predicted octanol–water partition coefficient (Wildman–Crippen LogP) is 2.07. The van der Waals surface area contributed by atoms with Crippen LogP contribution in [0.3, 0.4) is 0 Å². The zero-order valence-corrected chi connectivity index (χ0v) is 10.4. The first-order chi connectivity index (χ1) is 6.86. The second-order valence-corrected chi connectivity index (χ2v) is 4.96. The maximum atomic E-state index is 10.1. The summed E-state index contributed by atoms with van der Waals surface area (Å²) in [6.07, 6.45) is 1.35. The Labute approximate surface area is 92.1 Å². The lowest BCUT2D eigenvalue weighted by atomic mass is 9.82. The van der Waals surface area contributed by atoms with E-state index in [1.165, 1.54) is 0 Å². The topological polar surface area (TPSA) is 38.1 Å². The van der Waals surface area contributed by atoms with Crippen molar-refractivity contribution < 1.29 is 5.11 Å². The summed E-state index contributed by atoms with van der Waals surface area (Å²) in [6, 6.07) is 2.04. The van der Waals surface area contributed by atoms with Gasteiger partial charge in [-0.05, 0) is 24.8 Å². The van der Waals surface area contributed by atoms with Crippen LogP contribution in [0.25, 0.3) is 0 Å². The SMILES string of the molecule is CCC(C)(C)C(O)Cc1cc(C)nn1C. The maximum Gasteiger partial charge on any atom is 0.0646 e. The minimum absolute atomic E-state index is 0.0296. The molecule has 0 bridgehead atoms. The van der Waals surface area contributed by atoms with Gasteiger partial charge in [0.05, 0.1) is 11.8 Å². The number of aryl methyl sites for hydroxylation is 2. The second-order valence-electron chi connectivity index (χ2n) is 4.96. The van der Waals surface area contributed by atoms with Crippen molar-refractivity contribution in [3.63, 3.8) is 0 Å². The number of aliphatic hydroxyl groups is 1. The van der Waals surface area contributed by atoms with Crippen molar-refractivity contribution >= 4 is 0 Å². The molecular weight excluding hydrogens is 188 g/mol. The molecule has 1 aromatic heterocycles. The third kappa shape index (κ3) is 2.81. The van der Waals surface area contributed by atoms with Gasteiger partial charge in [0.1, 0.15) is 0 Å². The molecule has 0 aromatic carbocycles. The molecule has 1 aromatic rings. The molecule has 0 spiro atoms. The van der Waals surface area contributed by atoms with Crippen LogP contribution in [0.1, 0.15) is 38.6 Å². The fraction of sp³-hybridized carbons (Fsp3) is 0.750. The molecule has 0 amide bonds. The normalized spacial score (nSPS) is 14.3. The zero-order chi connectivity index (χ0) is 11.6. The van der Waals surface area contributed by atoms with Crippen LogP contribution in [0.15, 0.2) is 6.07 Å². The van der Waals surface area contributed by atoms with Crippen LogP contribution in [0, 0.1) is 12.3 Å². The summed E-state index contributed by atoms with van der Waals surface area (Å²) in [5, 5.41) is 14.4. The van der Waals surface area contributed by atoms with Crippen LogP contribution in [0.5, 0.6) is 0 Å². The van der Waals surface area contributed by atoms with E-state index in [4.69, 9.17) is 0 Å². The summed E-state index contributed by atoms with van der Waals surface area (Å²) < 4.78 is 1.85.